The minimum atomic E-state index is 0.585. The summed E-state index contributed by atoms with van der Waals surface area (Å²) in [6.07, 6.45) is 13.8. The maximum atomic E-state index is 6.23. The first-order chi connectivity index (χ1) is 26.2. The Bertz CT molecular complexity index is 3090. The zero-order valence-electron chi connectivity index (χ0n) is 28.8. The van der Waals surface area contributed by atoms with Crippen LogP contribution in [-0.4, -0.2) is 19.5 Å². The third-order valence-electron chi connectivity index (χ3n) is 10.1. The van der Waals surface area contributed by atoms with Gasteiger partial charge in [0.15, 0.2) is 17.5 Å². The zero-order valence-corrected chi connectivity index (χ0v) is 28.8. The summed E-state index contributed by atoms with van der Waals surface area (Å²) >= 11 is 0. The van der Waals surface area contributed by atoms with Gasteiger partial charge in [-0.25, -0.2) is 15.0 Å². The van der Waals surface area contributed by atoms with Gasteiger partial charge in [-0.15, -0.1) is 0 Å². The molecular formula is C48H32N4O. The highest BCUT2D eigenvalue weighted by atomic mass is 16.3. The molecule has 0 aliphatic heterocycles. The lowest BCUT2D eigenvalue weighted by atomic mass is 10.1. The molecule has 0 spiro atoms. The largest absolute Gasteiger partial charge is 0.456 e. The molecule has 0 radical (unpaired) electrons. The van der Waals surface area contributed by atoms with Gasteiger partial charge < -0.3 is 8.98 Å². The van der Waals surface area contributed by atoms with Gasteiger partial charge in [-0.1, -0.05) is 122 Å². The molecule has 0 amide bonds. The number of nitrogens with zero attached hydrogens (tertiary/aromatic N) is 4. The molecule has 5 heteroatoms. The minimum absolute atomic E-state index is 0.585. The molecule has 3 heterocycles. The Morgan fingerprint density at radius 2 is 1.26 bits per heavy atom. The Labute approximate surface area is 305 Å². The highest BCUT2D eigenvalue weighted by Crippen LogP contribution is 2.33. The fraction of sp³-hybridized carbons (Fsp3) is 0.0208. The van der Waals surface area contributed by atoms with Crippen molar-refractivity contribution >= 4 is 56.3 Å². The van der Waals surface area contributed by atoms with Gasteiger partial charge in [-0.3, -0.25) is 0 Å². The third kappa shape index (κ3) is 5.38. The van der Waals surface area contributed by atoms with Crippen LogP contribution in [0.3, 0.4) is 0 Å². The van der Waals surface area contributed by atoms with Crippen LogP contribution in [0.1, 0.15) is 6.42 Å². The van der Waals surface area contributed by atoms with E-state index in [0.717, 1.165) is 72.2 Å². The highest BCUT2D eigenvalue weighted by Gasteiger charge is 2.16. The topological polar surface area (TPSA) is 56.7 Å². The van der Waals surface area contributed by atoms with Crippen LogP contribution in [0.2, 0.25) is 0 Å². The summed E-state index contributed by atoms with van der Waals surface area (Å²) in [6.45, 7) is 4.64. The first-order valence-electron chi connectivity index (χ1n) is 17.8. The number of aromatic nitrogens is 4. The molecule has 3 aromatic heterocycles. The molecule has 0 bridgehead atoms. The maximum Gasteiger partial charge on any atom is 0.164 e. The van der Waals surface area contributed by atoms with E-state index in [-0.39, 0.29) is 0 Å². The second-order valence-corrected chi connectivity index (χ2v) is 13.3. The fourth-order valence-electron chi connectivity index (χ4n) is 7.42. The number of hydrogen-bond donors (Lipinski definition) is 0. The normalized spacial score (nSPS) is 14.0. The molecule has 0 saturated carbocycles. The highest BCUT2D eigenvalue weighted by molar-refractivity contribution is 6.08. The number of benzene rings is 6. The standard InChI is InChI=1S/C48H32N4O/c1-31-41(28-20-32-12-4-2-5-13-32)52(42-29-24-33-14-8-9-17-38(33)45(31)42)37-25-21-35(22-26-37)47-49-46(34-15-6-3-7-16-34)50-48(51-47)36-23-27-40-39-18-10-11-19-43(39)53-44(40)30-36/h2-12,14-30H,1,13H2/b32-20-,41-28+. The van der Waals surface area contributed by atoms with Crippen LogP contribution in [0.5, 0.6) is 0 Å². The molecule has 9 aromatic rings. The molecule has 0 atom stereocenters. The molecule has 5 nitrogen and oxygen atoms in total. The van der Waals surface area contributed by atoms with Crippen molar-refractivity contribution in [3.63, 3.8) is 0 Å². The monoisotopic (exact) mass is 680 g/mol. The van der Waals surface area contributed by atoms with E-state index < -0.39 is 0 Å². The van der Waals surface area contributed by atoms with Crippen molar-refractivity contribution in [2.45, 2.75) is 6.42 Å². The summed E-state index contributed by atoms with van der Waals surface area (Å²) in [6, 6.07) is 45.7. The lowest BCUT2D eigenvalue weighted by molar-refractivity contribution is 0.669. The Morgan fingerprint density at radius 3 is 2.06 bits per heavy atom. The first-order valence-corrected chi connectivity index (χ1v) is 17.8. The SMILES string of the molecule is C=c1/c(=C\C=C2\C=CC=CC2)n(-c2ccc(-c3nc(-c4ccccc4)nc(-c4ccc5c(c4)oc4ccccc45)n3)cc2)c2ccc3ccccc3c12. The summed E-state index contributed by atoms with van der Waals surface area (Å²) < 4.78 is 8.54. The van der Waals surface area contributed by atoms with Crippen molar-refractivity contribution in [2.24, 2.45) is 0 Å². The van der Waals surface area contributed by atoms with Crippen molar-refractivity contribution in [2.75, 3.05) is 0 Å². The Balaban J connectivity index is 1.12. The van der Waals surface area contributed by atoms with Gasteiger partial charge in [0.05, 0.1) is 10.9 Å². The van der Waals surface area contributed by atoms with E-state index in [1.54, 1.807) is 0 Å². The van der Waals surface area contributed by atoms with Gasteiger partial charge in [-0.05, 0) is 77.4 Å². The van der Waals surface area contributed by atoms with Crippen LogP contribution in [0, 0.1) is 0 Å². The second kappa shape index (κ2) is 12.6. The predicted molar refractivity (Wildman–Crippen MR) is 218 cm³/mol. The summed E-state index contributed by atoms with van der Waals surface area (Å²) in [4.78, 5) is 15.0. The number of para-hydroxylation sites is 1. The lowest BCUT2D eigenvalue weighted by Gasteiger charge is -2.11. The Kier molecular flexibility index (Phi) is 7.29. The van der Waals surface area contributed by atoms with Crippen LogP contribution in [0.4, 0.5) is 0 Å². The molecule has 0 saturated heterocycles. The predicted octanol–water partition coefficient (Wildman–Crippen LogP) is 10.5. The number of fused-ring (bicyclic) bond motifs is 6. The van der Waals surface area contributed by atoms with Gasteiger partial charge in [-0.2, -0.15) is 0 Å². The average Bonchev–Trinajstić information content (AvgIpc) is 3.74. The Morgan fingerprint density at radius 1 is 0.585 bits per heavy atom. The van der Waals surface area contributed by atoms with Crippen molar-refractivity contribution < 1.29 is 4.42 Å². The number of rotatable bonds is 5. The van der Waals surface area contributed by atoms with Gasteiger partial charge >= 0.3 is 0 Å². The molecule has 1 aliphatic carbocycles. The number of allylic oxidation sites excluding steroid dienone is 6. The molecule has 0 fully saturated rings. The summed E-state index contributed by atoms with van der Waals surface area (Å²) in [5, 5.41) is 7.76. The van der Waals surface area contributed by atoms with Gasteiger partial charge in [0.25, 0.3) is 0 Å². The van der Waals surface area contributed by atoms with Crippen LogP contribution in [-0.2, 0) is 0 Å². The average molecular weight is 681 g/mol. The first kappa shape index (κ1) is 30.7. The molecule has 1 aliphatic rings. The fourth-order valence-corrected chi connectivity index (χ4v) is 7.42. The lowest BCUT2D eigenvalue weighted by Crippen LogP contribution is -2.27. The van der Waals surface area contributed by atoms with Crippen LogP contribution < -0.4 is 10.6 Å². The van der Waals surface area contributed by atoms with E-state index in [2.05, 4.69) is 126 Å². The summed E-state index contributed by atoms with van der Waals surface area (Å²) in [7, 11) is 0. The van der Waals surface area contributed by atoms with E-state index in [1.807, 2.05) is 54.6 Å². The van der Waals surface area contributed by atoms with Crippen molar-refractivity contribution in [3.8, 4) is 39.9 Å². The number of furan rings is 1. The molecule has 10 rings (SSSR count). The van der Waals surface area contributed by atoms with Crippen molar-refractivity contribution in [1.29, 1.82) is 0 Å². The quantitative estimate of drug-likeness (QED) is 0.182. The zero-order chi connectivity index (χ0) is 35.3. The van der Waals surface area contributed by atoms with E-state index >= 15 is 0 Å². The third-order valence-corrected chi connectivity index (χ3v) is 10.1. The summed E-state index contributed by atoms with van der Waals surface area (Å²) in [5.74, 6) is 1.79. The second-order valence-electron chi connectivity index (χ2n) is 13.3. The van der Waals surface area contributed by atoms with Gasteiger partial charge in [0, 0.05) is 43.8 Å². The molecule has 0 N–H and O–H groups in total. The smallest absolute Gasteiger partial charge is 0.164 e. The minimum Gasteiger partial charge on any atom is -0.456 e. The maximum absolute atomic E-state index is 6.23. The van der Waals surface area contributed by atoms with Gasteiger partial charge in [0.1, 0.15) is 11.2 Å². The van der Waals surface area contributed by atoms with E-state index in [1.165, 1.54) is 16.3 Å². The van der Waals surface area contributed by atoms with E-state index in [0.29, 0.717) is 17.5 Å². The van der Waals surface area contributed by atoms with E-state index in [4.69, 9.17) is 19.4 Å². The molecule has 0 unspecified atom stereocenters. The summed E-state index contributed by atoms with van der Waals surface area (Å²) in [5.41, 5.74) is 7.72. The van der Waals surface area contributed by atoms with Crippen LogP contribution >= 0.6 is 0 Å². The van der Waals surface area contributed by atoms with Crippen molar-refractivity contribution in [1.82, 2.24) is 19.5 Å². The van der Waals surface area contributed by atoms with E-state index in [9.17, 15) is 0 Å². The number of hydrogen-bond acceptors (Lipinski definition) is 4. The van der Waals surface area contributed by atoms with Gasteiger partial charge in [0.2, 0.25) is 0 Å². The van der Waals surface area contributed by atoms with Crippen LogP contribution in [0.15, 0.2) is 174 Å². The molecule has 6 aromatic carbocycles. The molecule has 53 heavy (non-hydrogen) atoms. The van der Waals surface area contributed by atoms with Crippen molar-refractivity contribution in [3.05, 3.63) is 180 Å². The molecular weight excluding hydrogens is 649 g/mol. The Hall–Kier alpha value is -7.11. The molecule has 250 valence electrons. The van der Waals surface area contributed by atoms with Crippen LogP contribution in [0.25, 0.3) is 96.1 Å².